The van der Waals surface area contributed by atoms with Gasteiger partial charge in [0.1, 0.15) is 11.6 Å². The van der Waals surface area contributed by atoms with Crippen LogP contribution < -0.4 is 5.32 Å². The molecule has 0 radical (unpaired) electrons. The van der Waals surface area contributed by atoms with Crippen LogP contribution >= 0.6 is 15.9 Å². The summed E-state index contributed by atoms with van der Waals surface area (Å²) in [6, 6.07) is 5.10. The van der Waals surface area contributed by atoms with E-state index in [0.717, 1.165) is 41.7 Å². The molecule has 0 atom stereocenters. The fourth-order valence-electron chi connectivity index (χ4n) is 2.09. The van der Waals surface area contributed by atoms with Gasteiger partial charge in [-0.3, -0.25) is 0 Å². The number of nitrogens with one attached hydrogen (secondary N) is 1. The number of fused-ring (bicyclic) bond motifs is 1. The minimum atomic E-state index is -0.218. The molecule has 4 heteroatoms. The van der Waals surface area contributed by atoms with Crippen LogP contribution in [0.2, 0.25) is 0 Å². The Bertz CT molecular complexity index is 584. The standard InChI is InChI=1S/C15H18BrFN2/c1-3-5-10-9-11-13(17)7-6-12(16)14(11)19-15(10)18-8-4-2/h6-7,9H,3-5,8H2,1-2H3,(H,18,19). The van der Waals surface area contributed by atoms with Gasteiger partial charge in [0.25, 0.3) is 0 Å². The highest BCUT2D eigenvalue weighted by atomic mass is 79.9. The zero-order chi connectivity index (χ0) is 13.8. The predicted octanol–water partition coefficient (Wildman–Crippen LogP) is 4.91. The number of halogens is 2. The second-order valence-corrected chi connectivity index (χ2v) is 5.45. The molecule has 0 saturated carbocycles. The van der Waals surface area contributed by atoms with Crippen LogP contribution in [-0.2, 0) is 6.42 Å². The first-order valence-electron chi connectivity index (χ1n) is 6.68. The third kappa shape index (κ3) is 3.06. The molecule has 0 aliphatic carbocycles. The van der Waals surface area contributed by atoms with E-state index in [1.807, 2.05) is 6.07 Å². The number of pyridine rings is 1. The third-order valence-corrected chi connectivity index (χ3v) is 3.66. The third-order valence-electron chi connectivity index (χ3n) is 3.02. The Morgan fingerprint density at radius 3 is 2.74 bits per heavy atom. The van der Waals surface area contributed by atoms with Crippen molar-refractivity contribution in [3.63, 3.8) is 0 Å². The molecular formula is C15H18BrFN2. The van der Waals surface area contributed by atoms with E-state index in [9.17, 15) is 4.39 Å². The second-order valence-electron chi connectivity index (χ2n) is 4.60. The van der Waals surface area contributed by atoms with Gasteiger partial charge >= 0.3 is 0 Å². The molecule has 0 unspecified atom stereocenters. The topological polar surface area (TPSA) is 24.9 Å². The summed E-state index contributed by atoms with van der Waals surface area (Å²) in [4.78, 5) is 4.59. The number of rotatable bonds is 5. The molecule has 0 aliphatic heterocycles. The molecule has 2 rings (SSSR count). The molecule has 1 N–H and O–H groups in total. The number of aromatic nitrogens is 1. The van der Waals surface area contributed by atoms with Crippen molar-refractivity contribution in [3.8, 4) is 0 Å². The number of anilines is 1. The van der Waals surface area contributed by atoms with E-state index in [0.29, 0.717) is 10.9 Å². The van der Waals surface area contributed by atoms with Gasteiger partial charge in [-0.25, -0.2) is 9.37 Å². The summed E-state index contributed by atoms with van der Waals surface area (Å²) in [7, 11) is 0. The van der Waals surface area contributed by atoms with Crippen molar-refractivity contribution in [1.29, 1.82) is 0 Å². The van der Waals surface area contributed by atoms with Crippen molar-refractivity contribution < 1.29 is 4.39 Å². The molecule has 0 saturated heterocycles. The van der Waals surface area contributed by atoms with E-state index < -0.39 is 0 Å². The highest BCUT2D eigenvalue weighted by Gasteiger charge is 2.11. The summed E-state index contributed by atoms with van der Waals surface area (Å²) >= 11 is 3.44. The Labute approximate surface area is 121 Å². The van der Waals surface area contributed by atoms with Gasteiger partial charge in [0.2, 0.25) is 0 Å². The van der Waals surface area contributed by atoms with Crippen LogP contribution in [0.5, 0.6) is 0 Å². The largest absolute Gasteiger partial charge is 0.370 e. The molecule has 0 aliphatic rings. The summed E-state index contributed by atoms with van der Waals surface area (Å²) in [6.07, 6.45) is 2.96. The maximum Gasteiger partial charge on any atom is 0.132 e. The lowest BCUT2D eigenvalue weighted by Crippen LogP contribution is -2.06. The maximum atomic E-state index is 13.9. The Morgan fingerprint density at radius 1 is 1.26 bits per heavy atom. The number of hydrogen-bond acceptors (Lipinski definition) is 2. The monoisotopic (exact) mass is 324 g/mol. The summed E-state index contributed by atoms with van der Waals surface area (Å²) in [5, 5.41) is 3.92. The van der Waals surface area contributed by atoms with Gasteiger partial charge in [-0.05, 0) is 52.5 Å². The average Bonchev–Trinajstić information content (AvgIpc) is 2.41. The molecule has 0 fully saturated rings. The van der Waals surface area contributed by atoms with Crippen molar-refractivity contribution in [2.24, 2.45) is 0 Å². The molecule has 1 heterocycles. The lowest BCUT2D eigenvalue weighted by molar-refractivity contribution is 0.639. The van der Waals surface area contributed by atoms with Gasteiger partial charge in [0, 0.05) is 16.4 Å². The van der Waals surface area contributed by atoms with Crippen LogP contribution in [0.15, 0.2) is 22.7 Å². The fraction of sp³-hybridized carbons (Fsp3) is 0.400. The van der Waals surface area contributed by atoms with Gasteiger partial charge in [-0.1, -0.05) is 20.3 Å². The second kappa shape index (κ2) is 6.33. The van der Waals surface area contributed by atoms with Crippen LogP contribution in [-0.4, -0.2) is 11.5 Å². The van der Waals surface area contributed by atoms with Crippen molar-refractivity contribution in [2.75, 3.05) is 11.9 Å². The number of nitrogens with zero attached hydrogens (tertiary/aromatic N) is 1. The highest BCUT2D eigenvalue weighted by Crippen LogP contribution is 2.29. The van der Waals surface area contributed by atoms with E-state index in [1.54, 1.807) is 6.07 Å². The van der Waals surface area contributed by atoms with Gasteiger partial charge in [0.05, 0.1) is 5.52 Å². The Balaban J connectivity index is 2.58. The molecule has 1 aromatic carbocycles. The van der Waals surface area contributed by atoms with Crippen molar-refractivity contribution in [3.05, 3.63) is 34.1 Å². The molecule has 1 aromatic heterocycles. The van der Waals surface area contributed by atoms with Gasteiger partial charge in [-0.2, -0.15) is 0 Å². The first kappa shape index (κ1) is 14.3. The maximum absolute atomic E-state index is 13.9. The number of benzene rings is 1. The first-order chi connectivity index (χ1) is 9.17. The minimum Gasteiger partial charge on any atom is -0.370 e. The van der Waals surface area contributed by atoms with Crippen LogP contribution in [0.1, 0.15) is 32.3 Å². The van der Waals surface area contributed by atoms with Crippen LogP contribution in [0.4, 0.5) is 10.2 Å². The Hall–Kier alpha value is -1.16. The smallest absolute Gasteiger partial charge is 0.132 e. The van der Waals surface area contributed by atoms with Gasteiger partial charge in [-0.15, -0.1) is 0 Å². The first-order valence-corrected chi connectivity index (χ1v) is 7.48. The molecule has 0 spiro atoms. The van der Waals surface area contributed by atoms with Crippen LogP contribution in [0, 0.1) is 5.82 Å². The normalized spacial score (nSPS) is 10.9. The molecular weight excluding hydrogens is 307 g/mol. The Morgan fingerprint density at radius 2 is 2.05 bits per heavy atom. The minimum absolute atomic E-state index is 0.218. The lowest BCUT2D eigenvalue weighted by Gasteiger charge is -2.12. The molecule has 2 nitrogen and oxygen atoms in total. The van der Waals surface area contributed by atoms with E-state index >= 15 is 0 Å². The molecule has 0 amide bonds. The summed E-state index contributed by atoms with van der Waals surface area (Å²) < 4.78 is 14.7. The zero-order valence-corrected chi connectivity index (χ0v) is 12.8. The van der Waals surface area contributed by atoms with Crippen molar-refractivity contribution in [2.45, 2.75) is 33.1 Å². The number of aryl methyl sites for hydroxylation is 1. The van der Waals surface area contributed by atoms with E-state index in [4.69, 9.17) is 0 Å². The van der Waals surface area contributed by atoms with E-state index in [1.165, 1.54) is 6.07 Å². The number of hydrogen-bond donors (Lipinski definition) is 1. The van der Waals surface area contributed by atoms with Crippen molar-refractivity contribution in [1.82, 2.24) is 4.98 Å². The summed E-state index contributed by atoms with van der Waals surface area (Å²) in [5.74, 6) is 0.660. The summed E-state index contributed by atoms with van der Waals surface area (Å²) in [6.45, 7) is 5.11. The van der Waals surface area contributed by atoms with Crippen molar-refractivity contribution >= 4 is 32.7 Å². The van der Waals surface area contributed by atoms with Gasteiger partial charge < -0.3 is 5.32 Å². The molecule has 102 valence electrons. The van der Waals surface area contributed by atoms with E-state index in [2.05, 4.69) is 40.1 Å². The Kier molecular flexibility index (Phi) is 4.75. The SMILES string of the molecule is CCCNc1nc2c(Br)ccc(F)c2cc1CCC. The summed E-state index contributed by atoms with van der Waals surface area (Å²) in [5.41, 5.74) is 1.76. The van der Waals surface area contributed by atoms with E-state index in [-0.39, 0.29) is 5.82 Å². The highest BCUT2D eigenvalue weighted by molar-refractivity contribution is 9.10. The molecule has 19 heavy (non-hydrogen) atoms. The molecule has 2 aromatic rings. The van der Waals surface area contributed by atoms with Gasteiger partial charge in [0.15, 0.2) is 0 Å². The predicted molar refractivity (Wildman–Crippen MR) is 82.2 cm³/mol. The quantitative estimate of drug-likeness (QED) is 0.845. The average molecular weight is 325 g/mol. The van der Waals surface area contributed by atoms with Crippen LogP contribution in [0.25, 0.3) is 10.9 Å². The van der Waals surface area contributed by atoms with Crippen LogP contribution in [0.3, 0.4) is 0 Å². The molecule has 0 bridgehead atoms. The lowest BCUT2D eigenvalue weighted by atomic mass is 10.1. The fourth-order valence-corrected chi connectivity index (χ4v) is 2.52. The zero-order valence-electron chi connectivity index (χ0n) is 11.3.